The maximum atomic E-state index is 15.2. The molecule has 4 aromatic carbocycles. The maximum absolute atomic E-state index is 15.2. The van der Waals surface area contributed by atoms with Gasteiger partial charge in [0.2, 0.25) is 6.79 Å². The highest BCUT2D eigenvalue weighted by atomic mass is 32.2. The second-order valence-corrected chi connectivity index (χ2v) is 20.4. The van der Waals surface area contributed by atoms with Crippen LogP contribution in [0.1, 0.15) is 74.3 Å². The highest BCUT2D eigenvalue weighted by molar-refractivity contribution is 7.99. The van der Waals surface area contributed by atoms with Crippen LogP contribution < -0.4 is 44.3 Å². The average Bonchev–Trinajstić information content (AvgIpc) is 3.83. The number of nitrogens with zero attached hydrogens (tertiary/aromatic N) is 3. The van der Waals surface area contributed by atoms with Gasteiger partial charge in [0.25, 0.3) is 0 Å². The predicted octanol–water partition coefficient (Wildman–Crippen LogP) is 5.03. The lowest BCUT2D eigenvalue weighted by molar-refractivity contribution is -0.186. The Morgan fingerprint density at radius 3 is 2.48 bits per heavy atom. The molecule has 12 rings (SSSR count). The molecule has 7 aliphatic rings. The van der Waals surface area contributed by atoms with E-state index in [9.17, 15) is 24.6 Å². The minimum absolute atomic E-state index is 0.00478. The highest BCUT2D eigenvalue weighted by Crippen LogP contribution is 2.64. The summed E-state index contributed by atoms with van der Waals surface area (Å²) in [6, 6.07) is 9.62. The quantitative estimate of drug-likeness (QED) is 0.111. The standard InChI is InChI=1S/C52H54N4O14S/c1-23-13-28-14-32-50(61)56-33-20-65-51(62)52(31-19-35(63-7)36(15-26(31)11-12-53-52)70-38(59)17-27-16-37(58)69-34-18-29(54(4)5)9-10-30(27)34)21-71-49(43(56)42(55(32)6)39(28)44(60)45(23)64-8)41-40(33)48-47(66-22-67-48)24(2)46(41)68-25(3)57/h9-10,13,15-16,18-19,32-33,42-43,49-50,53,60-61H,11-12,14,17,20-22H2,1-8H3/t32-,33-,42-,43?,49-,50+,52-/m1/s1. The number of aromatic hydroxyl groups is 1. The summed E-state index contributed by atoms with van der Waals surface area (Å²) < 4.78 is 48.2. The van der Waals surface area contributed by atoms with Crippen LogP contribution in [-0.2, 0) is 43.9 Å². The molecule has 2 fully saturated rings. The van der Waals surface area contributed by atoms with Crippen LogP contribution in [0.4, 0.5) is 5.69 Å². The summed E-state index contributed by atoms with van der Waals surface area (Å²) in [6.45, 7) is 5.00. The van der Waals surface area contributed by atoms with Crippen LogP contribution in [0.25, 0.3) is 11.0 Å². The fraction of sp³-hybridized carbons (Fsp3) is 0.423. The van der Waals surface area contributed by atoms with Crippen LogP contribution in [0, 0.1) is 13.8 Å². The van der Waals surface area contributed by atoms with Gasteiger partial charge in [0, 0.05) is 84.8 Å². The molecule has 0 amide bonds. The summed E-state index contributed by atoms with van der Waals surface area (Å²) in [5.41, 5.74) is 4.82. The van der Waals surface area contributed by atoms with Gasteiger partial charge in [-0.25, -0.2) is 9.59 Å². The number of esters is 3. The van der Waals surface area contributed by atoms with Gasteiger partial charge in [0.05, 0.1) is 44.0 Å². The van der Waals surface area contributed by atoms with Gasteiger partial charge >= 0.3 is 23.5 Å². The molecule has 18 nitrogen and oxygen atoms in total. The fourth-order valence-electron chi connectivity index (χ4n) is 12.0. The number of likely N-dealkylation sites (N-methyl/N-ethyl adjacent to an activating group) is 1. The molecule has 372 valence electrons. The van der Waals surface area contributed by atoms with E-state index in [4.69, 9.17) is 37.6 Å². The van der Waals surface area contributed by atoms with Crippen LogP contribution in [-0.4, -0.2) is 117 Å². The number of carbonyl (C=O) groups excluding carboxylic acids is 3. The fourth-order valence-corrected chi connectivity index (χ4v) is 13.7. The summed E-state index contributed by atoms with van der Waals surface area (Å²) >= 11 is 1.43. The third-order valence-electron chi connectivity index (χ3n) is 15.1. The molecule has 0 radical (unpaired) electrons. The van der Waals surface area contributed by atoms with Gasteiger partial charge < -0.3 is 52.7 Å². The number of hydrogen-bond acceptors (Lipinski definition) is 19. The van der Waals surface area contributed by atoms with Crippen LogP contribution in [0.3, 0.4) is 0 Å². The molecule has 1 unspecified atom stereocenters. The lowest BCUT2D eigenvalue weighted by Crippen LogP contribution is -2.70. The number of aliphatic hydroxyl groups excluding tert-OH is 1. The molecular formula is C52H54N4O14S. The smallest absolute Gasteiger partial charge is 0.336 e. The molecule has 1 aromatic heterocycles. The molecule has 19 heteroatoms. The zero-order chi connectivity index (χ0) is 49.9. The second kappa shape index (κ2) is 17.4. The first-order valence-corrected chi connectivity index (χ1v) is 24.5. The molecule has 1 spiro atoms. The number of piperazine rings is 1. The number of anilines is 1. The molecule has 3 N–H and O–H groups in total. The van der Waals surface area contributed by atoms with E-state index in [-0.39, 0.29) is 48.6 Å². The Morgan fingerprint density at radius 2 is 1.73 bits per heavy atom. The summed E-state index contributed by atoms with van der Waals surface area (Å²) in [7, 11) is 8.65. The third-order valence-corrected chi connectivity index (χ3v) is 16.6. The van der Waals surface area contributed by atoms with Crippen molar-refractivity contribution < 1.29 is 62.2 Å². The van der Waals surface area contributed by atoms with Gasteiger partial charge in [-0.1, -0.05) is 6.07 Å². The van der Waals surface area contributed by atoms with Gasteiger partial charge in [0.15, 0.2) is 40.0 Å². The SMILES string of the molecule is COc1cc2c(cc1OC(=O)Cc1cc(=O)oc3cc(N(C)C)ccc13)CCN[C@]21CS[C@@H]2c3c(OC(C)=O)c(C)c4c(c3[C@@H](COC1=O)N1C2[C@H]2c3c(cc(C)c(OC)c3O)C[C@H]([C@@H]1O)N2C)OCO4. The monoisotopic (exact) mass is 990 g/mol. The van der Waals surface area contributed by atoms with Crippen molar-refractivity contribution in [2.75, 3.05) is 66.0 Å². The van der Waals surface area contributed by atoms with E-state index in [0.717, 1.165) is 16.8 Å². The van der Waals surface area contributed by atoms with Crippen LogP contribution in [0.15, 0.2) is 51.7 Å². The molecule has 71 heavy (non-hydrogen) atoms. The molecule has 4 bridgehead atoms. The zero-order valence-corrected chi connectivity index (χ0v) is 41.3. The number of methoxy groups -OCH3 is 2. The van der Waals surface area contributed by atoms with Gasteiger partial charge in [0.1, 0.15) is 24.2 Å². The molecule has 2 saturated heterocycles. The normalized spacial score (nSPS) is 25.1. The molecular weight excluding hydrogens is 937 g/mol. The number of fused-ring (bicyclic) bond motifs is 10. The number of hydrogen-bond donors (Lipinski definition) is 3. The number of nitrogens with one attached hydrogen (secondary N) is 1. The lowest BCUT2D eigenvalue weighted by Gasteiger charge is -2.62. The first-order chi connectivity index (χ1) is 34.0. The molecule has 8 heterocycles. The van der Waals surface area contributed by atoms with Gasteiger partial charge in [-0.15, -0.1) is 11.8 Å². The Bertz CT molecular complexity index is 3160. The number of aryl methyl sites for hydroxylation is 1. The number of phenols is 1. The number of aliphatic hydroxyl groups is 1. The van der Waals surface area contributed by atoms with E-state index in [1.165, 1.54) is 39.0 Å². The van der Waals surface area contributed by atoms with Crippen molar-refractivity contribution >= 4 is 46.3 Å². The highest BCUT2D eigenvalue weighted by Gasteiger charge is 2.61. The molecule has 7 atom stereocenters. The third kappa shape index (κ3) is 7.21. The number of rotatable bonds is 7. The Morgan fingerprint density at radius 1 is 0.944 bits per heavy atom. The average molecular weight is 991 g/mol. The number of ether oxygens (including phenoxy) is 7. The van der Waals surface area contributed by atoms with E-state index in [1.807, 2.05) is 56.9 Å². The second-order valence-electron chi connectivity index (χ2n) is 19.2. The number of carbonyl (C=O) groups is 3. The van der Waals surface area contributed by atoms with Gasteiger partial charge in [-0.3, -0.25) is 24.7 Å². The van der Waals surface area contributed by atoms with E-state index >= 15 is 4.79 Å². The Hall–Kier alpha value is -6.51. The van der Waals surface area contributed by atoms with E-state index < -0.39 is 64.7 Å². The van der Waals surface area contributed by atoms with Crippen molar-refractivity contribution in [1.29, 1.82) is 0 Å². The Balaban J connectivity index is 1.03. The molecule has 7 aliphatic heterocycles. The number of thioether (sulfide) groups is 1. The predicted molar refractivity (Wildman–Crippen MR) is 259 cm³/mol. The summed E-state index contributed by atoms with van der Waals surface area (Å²) in [5, 5.41) is 28.4. The summed E-state index contributed by atoms with van der Waals surface area (Å²) in [6.07, 6.45) is -0.481. The lowest BCUT2D eigenvalue weighted by atomic mass is 9.73. The largest absolute Gasteiger partial charge is 0.504 e. The summed E-state index contributed by atoms with van der Waals surface area (Å²) in [4.78, 5) is 60.7. The van der Waals surface area contributed by atoms with Crippen molar-refractivity contribution in [3.63, 3.8) is 0 Å². The van der Waals surface area contributed by atoms with Crippen molar-refractivity contribution in [2.45, 2.75) is 81.2 Å². The van der Waals surface area contributed by atoms with Crippen molar-refractivity contribution in [2.24, 2.45) is 0 Å². The number of benzene rings is 4. The molecule has 5 aromatic rings. The van der Waals surface area contributed by atoms with Crippen molar-refractivity contribution in [1.82, 2.24) is 15.1 Å². The molecule has 0 aliphatic carbocycles. The van der Waals surface area contributed by atoms with Crippen molar-refractivity contribution in [3.8, 4) is 40.2 Å². The topological polar surface area (TPSA) is 208 Å². The first kappa shape index (κ1) is 46.8. The first-order valence-electron chi connectivity index (χ1n) is 23.5. The van der Waals surface area contributed by atoms with E-state index in [1.54, 1.807) is 24.3 Å². The minimum atomic E-state index is -1.50. The number of phenolic OH excluding ortho intramolecular Hbond substituents is 1. The van der Waals surface area contributed by atoms with Gasteiger partial charge in [-0.2, -0.15) is 0 Å². The van der Waals surface area contributed by atoms with Gasteiger partial charge in [-0.05, 0) is 85.8 Å². The van der Waals surface area contributed by atoms with Crippen LogP contribution >= 0.6 is 11.8 Å². The molecule has 0 saturated carbocycles. The summed E-state index contributed by atoms with van der Waals surface area (Å²) in [5.74, 6) is 0.0419. The van der Waals surface area contributed by atoms with Crippen LogP contribution in [0.5, 0.6) is 40.2 Å². The van der Waals surface area contributed by atoms with Crippen LogP contribution in [0.2, 0.25) is 0 Å². The zero-order valence-electron chi connectivity index (χ0n) is 40.5. The van der Waals surface area contributed by atoms with E-state index in [0.29, 0.717) is 86.5 Å². The maximum Gasteiger partial charge on any atom is 0.336 e. The Labute approximate surface area is 412 Å². The minimum Gasteiger partial charge on any atom is -0.504 e. The Kier molecular flexibility index (Phi) is 11.5. The van der Waals surface area contributed by atoms with Crippen molar-refractivity contribution in [3.05, 3.63) is 103 Å². The van der Waals surface area contributed by atoms with E-state index in [2.05, 4.69) is 10.2 Å².